The topological polar surface area (TPSA) is 44.2 Å². The van der Waals surface area contributed by atoms with Crippen LogP contribution in [0.2, 0.25) is 5.02 Å². The predicted molar refractivity (Wildman–Crippen MR) is 89.8 cm³/mol. The van der Waals surface area contributed by atoms with Gasteiger partial charge in [0.05, 0.1) is 29.4 Å². The Hall–Kier alpha value is -2.24. The Morgan fingerprint density at radius 2 is 2.08 bits per heavy atom. The van der Waals surface area contributed by atoms with E-state index in [-0.39, 0.29) is 11.1 Å². The van der Waals surface area contributed by atoms with Gasteiger partial charge < -0.3 is 9.47 Å². The number of hydrogen-bond acceptors (Lipinski definition) is 4. The average molecular weight is 345 g/mol. The van der Waals surface area contributed by atoms with Gasteiger partial charge in [0.1, 0.15) is 24.0 Å². The van der Waals surface area contributed by atoms with Gasteiger partial charge in [-0.05, 0) is 30.3 Å². The summed E-state index contributed by atoms with van der Waals surface area (Å²) in [5, 5.41) is 0.927. The molecule has 1 atom stereocenters. The number of rotatable bonds is 3. The first kappa shape index (κ1) is 15.3. The summed E-state index contributed by atoms with van der Waals surface area (Å²) in [6.45, 7) is 1.34. The Bertz CT molecular complexity index is 897. The first-order valence-corrected chi connectivity index (χ1v) is 8.03. The molecule has 0 aliphatic carbocycles. The zero-order chi connectivity index (χ0) is 16.5. The van der Waals surface area contributed by atoms with Crippen LogP contribution < -0.4 is 4.74 Å². The quantitative estimate of drug-likeness (QED) is 0.712. The van der Waals surface area contributed by atoms with Gasteiger partial charge in [-0.1, -0.05) is 11.6 Å². The maximum Gasteiger partial charge on any atom is 0.141 e. The van der Waals surface area contributed by atoms with Gasteiger partial charge in [0.2, 0.25) is 0 Å². The molecule has 6 heteroatoms. The molecule has 122 valence electrons. The molecule has 2 aromatic carbocycles. The van der Waals surface area contributed by atoms with Gasteiger partial charge in [-0.25, -0.2) is 14.4 Å². The molecule has 0 radical (unpaired) electrons. The summed E-state index contributed by atoms with van der Waals surface area (Å²) < 4.78 is 24.6. The lowest BCUT2D eigenvalue weighted by molar-refractivity contribution is 0.141. The van der Waals surface area contributed by atoms with E-state index in [0.29, 0.717) is 12.3 Å². The Morgan fingerprint density at radius 3 is 2.88 bits per heavy atom. The number of hydrogen-bond donors (Lipinski definition) is 0. The fourth-order valence-corrected chi connectivity index (χ4v) is 2.96. The minimum absolute atomic E-state index is 0.0699. The van der Waals surface area contributed by atoms with Crippen LogP contribution in [0.3, 0.4) is 0 Å². The van der Waals surface area contributed by atoms with E-state index in [1.807, 2.05) is 18.2 Å². The van der Waals surface area contributed by atoms with E-state index in [1.54, 1.807) is 12.1 Å². The maximum atomic E-state index is 13.4. The molecule has 4 rings (SSSR count). The molecule has 0 amide bonds. The largest absolute Gasteiger partial charge is 0.488 e. The summed E-state index contributed by atoms with van der Waals surface area (Å²) in [4.78, 5) is 8.64. The predicted octanol–water partition coefficient (Wildman–Crippen LogP) is 4.26. The number of ether oxygens (including phenoxy) is 2. The van der Waals surface area contributed by atoms with Crippen LogP contribution in [-0.2, 0) is 4.74 Å². The van der Waals surface area contributed by atoms with Crippen LogP contribution in [0.25, 0.3) is 22.2 Å². The van der Waals surface area contributed by atoms with E-state index in [0.717, 1.165) is 35.2 Å². The monoisotopic (exact) mass is 344 g/mol. The van der Waals surface area contributed by atoms with Gasteiger partial charge in [0.15, 0.2) is 0 Å². The Balaban J connectivity index is 1.73. The summed E-state index contributed by atoms with van der Waals surface area (Å²) >= 11 is 5.89. The van der Waals surface area contributed by atoms with E-state index < -0.39 is 5.82 Å². The molecule has 4 nitrogen and oxygen atoms in total. The summed E-state index contributed by atoms with van der Waals surface area (Å²) in [6, 6.07) is 10.2. The second kappa shape index (κ2) is 6.34. The molecule has 0 saturated carbocycles. The van der Waals surface area contributed by atoms with Crippen molar-refractivity contribution in [2.24, 2.45) is 0 Å². The van der Waals surface area contributed by atoms with E-state index in [9.17, 15) is 4.39 Å². The highest BCUT2D eigenvalue weighted by molar-refractivity contribution is 6.31. The van der Waals surface area contributed by atoms with Crippen molar-refractivity contribution in [3.05, 3.63) is 53.6 Å². The third kappa shape index (κ3) is 2.92. The zero-order valence-corrected chi connectivity index (χ0v) is 13.5. The number of aromatic nitrogens is 2. The average Bonchev–Trinajstić information content (AvgIpc) is 3.10. The fourth-order valence-electron chi connectivity index (χ4n) is 2.78. The van der Waals surface area contributed by atoms with Crippen molar-refractivity contribution in [3.8, 4) is 17.0 Å². The minimum atomic E-state index is -0.451. The molecule has 1 fully saturated rings. The normalized spacial score (nSPS) is 17.3. The molecule has 3 aromatic rings. The summed E-state index contributed by atoms with van der Waals surface area (Å²) in [5.41, 5.74) is 2.21. The Morgan fingerprint density at radius 1 is 1.17 bits per heavy atom. The standard InChI is InChI=1S/C18H14ClFN2O2/c19-15-7-11(1-4-16(15)20)18-14-3-2-12(8-17(14)21-10-22-18)24-13-5-6-23-9-13/h1-4,7-8,10,13H,5-6,9H2. The van der Waals surface area contributed by atoms with Gasteiger partial charge in [-0.3, -0.25) is 0 Å². The van der Waals surface area contributed by atoms with Gasteiger partial charge in [-0.15, -0.1) is 0 Å². The van der Waals surface area contributed by atoms with Crippen molar-refractivity contribution in [2.75, 3.05) is 13.2 Å². The lowest BCUT2D eigenvalue weighted by Gasteiger charge is -2.13. The summed E-state index contributed by atoms with van der Waals surface area (Å²) in [7, 11) is 0. The third-order valence-corrected chi connectivity index (χ3v) is 4.28. The summed E-state index contributed by atoms with van der Waals surface area (Å²) in [6.07, 6.45) is 2.46. The highest BCUT2D eigenvalue weighted by atomic mass is 35.5. The molecule has 1 aliphatic heterocycles. The van der Waals surface area contributed by atoms with Crippen molar-refractivity contribution in [1.82, 2.24) is 9.97 Å². The molecular formula is C18H14ClFN2O2. The Kier molecular flexibility index (Phi) is 4.04. The third-order valence-electron chi connectivity index (χ3n) is 3.99. The SMILES string of the molecule is Fc1ccc(-c2ncnc3cc(OC4CCOC4)ccc23)cc1Cl. The van der Waals surface area contributed by atoms with E-state index in [2.05, 4.69) is 9.97 Å². The Labute approximate surface area is 143 Å². The van der Waals surface area contributed by atoms with Crippen LogP contribution in [0.5, 0.6) is 5.75 Å². The van der Waals surface area contributed by atoms with Gasteiger partial charge in [0.25, 0.3) is 0 Å². The highest BCUT2D eigenvalue weighted by Crippen LogP contribution is 2.30. The van der Waals surface area contributed by atoms with Crippen LogP contribution in [0.1, 0.15) is 6.42 Å². The van der Waals surface area contributed by atoms with Crippen LogP contribution in [0.4, 0.5) is 4.39 Å². The maximum absolute atomic E-state index is 13.4. The fraction of sp³-hybridized carbons (Fsp3) is 0.222. The van der Waals surface area contributed by atoms with E-state index in [4.69, 9.17) is 21.1 Å². The van der Waals surface area contributed by atoms with Crippen molar-refractivity contribution in [2.45, 2.75) is 12.5 Å². The molecular weight excluding hydrogens is 331 g/mol. The lowest BCUT2D eigenvalue weighted by atomic mass is 10.1. The molecule has 1 aliphatic rings. The molecule has 1 unspecified atom stereocenters. The van der Waals surface area contributed by atoms with Gasteiger partial charge in [0, 0.05) is 23.4 Å². The zero-order valence-electron chi connectivity index (χ0n) is 12.7. The highest BCUT2D eigenvalue weighted by Gasteiger charge is 2.17. The second-order valence-electron chi connectivity index (χ2n) is 5.63. The smallest absolute Gasteiger partial charge is 0.141 e. The first-order valence-electron chi connectivity index (χ1n) is 7.65. The molecule has 24 heavy (non-hydrogen) atoms. The van der Waals surface area contributed by atoms with Crippen LogP contribution in [0.15, 0.2) is 42.7 Å². The first-order chi connectivity index (χ1) is 11.7. The number of nitrogens with zero attached hydrogens (tertiary/aromatic N) is 2. The van der Waals surface area contributed by atoms with Crippen molar-refractivity contribution in [1.29, 1.82) is 0 Å². The van der Waals surface area contributed by atoms with Crippen LogP contribution in [-0.4, -0.2) is 29.3 Å². The molecule has 1 aromatic heterocycles. The van der Waals surface area contributed by atoms with Crippen molar-refractivity contribution < 1.29 is 13.9 Å². The van der Waals surface area contributed by atoms with Crippen molar-refractivity contribution >= 4 is 22.5 Å². The van der Waals surface area contributed by atoms with Gasteiger partial charge in [-0.2, -0.15) is 0 Å². The molecule has 0 bridgehead atoms. The van der Waals surface area contributed by atoms with Crippen molar-refractivity contribution in [3.63, 3.8) is 0 Å². The number of fused-ring (bicyclic) bond motifs is 1. The minimum Gasteiger partial charge on any atom is -0.488 e. The van der Waals surface area contributed by atoms with E-state index >= 15 is 0 Å². The van der Waals surface area contributed by atoms with Crippen LogP contribution in [0, 0.1) is 5.82 Å². The second-order valence-corrected chi connectivity index (χ2v) is 6.04. The lowest BCUT2D eigenvalue weighted by Crippen LogP contribution is -2.15. The molecule has 0 N–H and O–H groups in total. The number of benzene rings is 2. The molecule has 1 saturated heterocycles. The van der Waals surface area contributed by atoms with Crippen LogP contribution >= 0.6 is 11.6 Å². The number of halogens is 2. The summed E-state index contributed by atoms with van der Waals surface area (Å²) in [5.74, 6) is 0.299. The van der Waals surface area contributed by atoms with E-state index in [1.165, 1.54) is 12.4 Å². The van der Waals surface area contributed by atoms with Gasteiger partial charge >= 0.3 is 0 Å². The molecule has 0 spiro atoms. The molecule has 2 heterocycles.